The third-order valence-electron chi connectivity index (χ3n) is 7.36. The van der Waals surface area contributed by atoms with Crippen molar-refractivity contribution in [1.82, 2.24) is 15.5 Å². The van der Waals surface area contributed by atoms with Gasteiger partial charge in [0.05, 0.1) is 0 Å². The predicted molar refractivity (Wildman–Crippen MR) is 123 cm³/mol. The van der Waals surface area contributed by atoms with E-state index in [1.165, 1.54) is 44.9 Å². The normalized spacial score (nSPS) is 24.9. The third kappa shape index (κ3) is 6.60. The number of carbonyl (C=O) groups is 1. The summed E-state index contributed by atoms with van der Waals surface area (Å²) >= 11 is 0. The maximum atomic E-state index is 12.9. The van der Waals surface area contributed by atoms with Gasteiger partial charge in [0.25, 0.3) is 0 Å². The van der Waals surface area contributed by atoms with E-state index >= 15 is 0 Å². The van der Waals surface area contributed by atoms with Gasteiger partial charge in [0.1, 0.15) is 0 Å². The second kappa shape index (κ2) is 11.9. The summed E-state index contributed by atoms with van der Waals surface area (Å²) in [6.45, 7) is 9.24. The Morgan fingerprint density at radius 2 is 1.87 bits per heavy atom. The van der Waals surface area contributed by atoms with E-state index < -0.39 is 0 Å². The second-order valence-electron chi connectivity index (χ2n) is 9.60. The Morgan fingerprint density at radius 3 is 2.57 bits per heavy atom. The first-order valence-electron chi connectivity index (χ1n) is 12.6. The SMILES string of the molecule is CCNC(=NCC1(CCOCC)CCCC1)NC1CCN(C(=O)C2CCCCC2)C1. The van der Waals surface area contributed by atoms with Gasteiger partial charge in [-0.25, -0.2) is 0 Å². The molecule has 2 saturated carbocycles. The second-order valence-corrected chi connectivity index (χ2v) is 9.60. The Bertz CT molecular complexity index is 553. The zero-order valence-electron chi connectivity index (χ0n) is 19.4. The first-order valence-corrected chi connectivity index (χ1v) is 12.6. The minimum absolute atomic E-state index is 0.270. The van der Waals surface area contributed by atoms with Crippen LogP contribution in [0.3, 0.4) is 0 Å². The van der Waals surface area contributed by atoms with E-state index in [4.69, 9.17) is 9.73 Å². The van der Waals surface area contributed by atoms with Crippen LogP contribution in [0.15, 0.2) is 4.99 Å². The number of hydrogen-bond donors (Lipinski definition) is 2. The number of ether oxygens (including phenoxy) is 1. The van der Waals surface area contributed by atoms with E-state index in [1.807, 2.05) is 0 Å². The molecule has 1 saturated heterocycles. The summed E-state index contributed by atoms with van der Waals surface area (Å²) in [5.41, 5.74) is 0.302. The molecule has 1 aliphatic heterocycles. The van der Waals surface area contributed by atoms with Crippen LogP contribution in [0.25, 0.3) is 0 Å². The smallest absolute Gasteiger partial charge is 0.225 e. The van der Waals surface area contributed by atoms with Crippen molar-refractivity contribution in [1.29, 1.82) is 0 Å². The molecule has 6 heteroatoms. The highest BCUT2D eigenvalue weighted by Gasteiger charge is 2.34. The molecule has 0 radical (unpaired) electrons. The standard InChI is InChI=1S/C24H44N4O2/c1-3-25-23(26-19-24(13-8-9-14-24)15-17-30-4-2)27-21-12-16-28(18-21)22(29)20-10-6-5-7-11-20/h20-21H,3-19H2,1-2H3,(H2,25,26,27). The minimum atomic E-state index is 0.270. The monoisotopic (exact) mass is 420 g/mol. The molecule has 3 aliphatic rings. The molecular formula is C24H44N4O2. The third-order valence-corrected chi connectivity index (χ3v) is 7.36. The number of rotatable bonds is 9. The molecule has 172 valence electrons. The molecule has 0 aromatic rings. The Hall–Kier alpha value is -1.30. The topological polar surface area (TPSA) is 66.0 Å². The van der Waals surface area contributed by atoms with Gasteiger partial charge in [-0.2, -0.15) is 0 Å². The zero-order chi connectivity index (χ0) is 21.2. The molecule has 0 spiro atoms. The van der Waals surface area contributed by atoms with Crippen LogP contribution in [0, 0.1) is 11.3 Å². The van der Waals surface area contributed by atoms with Gasteiger partial charge in [-0.15, -0.1) is 0 Å². The van der Waals surface area contributed by atoms with E-state index in [1.54, 1.807) is 0 Å². The number of amides is 1. The van der Waals surface area contributed by atoms with Crippen LogP contribution in [0.2, 0.25) is 0 Å². The van der Waals surface area contributed by atoms with E-state index in [-0.39, 0.29) is 5.92 Å². The highest BCUT2D eigenvalue weighted by Crippen LogP contribution is 2.41. The summed E-state index contributed by atoms with van der Waals surface area (Å²) in [5, 5.41) is 7.06. The summed E-state index contributed by atoms with van der Waals surface area (Å²) in [7, 11) is 0. The first kappa shape index (κ1) is 23.4. The Kier molecular flexibility index (Phi) is 9.28. The number of nitrogens with one attached hydrogen (secondary N) is 2. The average Bonchev–Trinajstić information content (AvgIpc) is 3.43. The lowest BCUT2D eigenvalue weighted by atomic mass is 9.83. The van der Waals surface area contributed by atoms with Crippen LogP contribution in [0.1, 0.15) is 84.5 Å². The summed E-state index contributed by atoms with van der Waals surface area (Å²) in [6, 6.07) is 0.304. The van der Waals surface area contributed by atoms with Gasteiger partial charge in [-0.05, 0) is 57.8 Å². The molecule has 0 bridgehead atoms. The van der Waals surface area contributed by atoms with Crippen molar-refractivity contribution in [2.45, 2.75) is 90.5 Å². The Labute approximate surface area is 183 Å². The Balaban J connectivity index is 1.52. The number of likely N-dealkylation sites (tertiary alicyclic amines) is 1. The minimum Gasteiger partial charge on any atom is -0.382 e. The van der Waals surface area contributed by atoms with Crippen molar-refractivity contribution in [2.75, 3.05) is 39.4 Å². The largest absolute Gasteiger partial charge is 0.382 e. The van der Waals surface area contributed by atoms with Gasteiger partial charge in [0.15, 0.2) is 5.96 Å². The molecule has 30 heavy (non-hydrogen) atoms. The van der Waals surface area contributed by atoms with Gasteiger partial charge >= 0.3 is 0 Å². The molecule has 1 unspecified atom stereocenters. The van der Waals surface area contributed by atoms with E-state index in [0.29, 0.717) is 17.4 Å². The van der Waals surface area contributed by atoms with Crippen molar-refractivity contribution in [3.63, 3.8) is 0 Å². The van der Waals surface area contributed by atoms with Crippen LogP contribution in [0.4, 0.5) is 0 Å². The molecule has 1 amide bonds. The number of nitrogens with zero attached hydrogens (tertiary/aromatic N) is 2. The molecule has 3 rings (SSSR count). The summed E-state index contributed by atoms with van der Waals surface area (Å²) in [4.78, 5) is 20.0. The lowest BCUT2D eigenvalue weighted by molar-refractivity contribution is -0.135. The maximum absolute atomic E-state index is 12.9. The predicted octanol–water partition coefficient (Wildman–Crippen LogP) is 3.71. The Morgan fingerprint density at radius 1 is 1.10 bits per heavy atom. The molecular weight excluding hydrogens is 376 g/mol. The molecule has 2 aliphatic carbocycles. The number of guanidine groups is 1. The lowest BCUT2D eigenvalue weighted by Gasteiger charge is -2.28. The maximum Gasteiger partial charge on any atom is 0.225 e. The summed E-state index contributed by atoms with van der Waals surface area (Å²) in [5.74, 6) is 1.57. The van der Waals surface area contributed by atoms with Crippen molar-refractivity contribution < 1.29 is 9.53 Å². The van der Waals surface area contributed by atoms with Crippen LogP contribution < -0.4 is 10.6 Å². The van der Waals surface area contributed by atoms with Gasteiger partial charge in [0.2, 0.25) is 5.91 Å². The lowest BCUT2D eigenvalue weighted by Crippen LogP contribution is -2.46. The molecule has 2 N–H and O–H groups in total. The quantitative estimate of drug-likeness (QED) is 0.339. The molecule has 1 atom stereocenters. The fraction of sp³-hybridized carbons (Fsp3) is 0.917. The molecule has 0 aromatic heterocycles. The number of aliphatic imine (C=N–C) groups is 1. The number of carbonyl (C=O) groups excluding carboxylic acids is 1. The van der Waals surface area contributed by atoms with Crippen LogP contribution in [-0.4, -0.2) is 62.2 Å². The van der Waals surface area contributed by atoms with Gasteiger partial charge in [-0.3, -0.25) is 9.79 Å². The fourth-order valence-electron chi connectivity index (χ4n) is 5.49. The van der Waals surface area contributed by atoms with Crippen molar-refractivity contribution in [3.8, 4) is 0 Å². The van der Waals surface area contributed by atoms with Crippen molar-refractivity contribution in [3.05, 3.63) is 0 Å². The molecule has 0 aromatic carbocycles. The number of hydrogen-bond acceptors (Lipinski definition) is 3. The van der Waals surface area contributed by atoms with Crippen LogP contribution in [0.5, 0.6) is 0 Å². The van der Waals surface area contributed by atoms with Crippen LogP contribution >= 0.6 is 0 Å². The van der Waals surface area contributed by atoms with Gasteiger partial charge in [0, 0.05) is 51.4 Å². The molecule has 6 nitrogen and oxygen atoms in total. The van der Waals surface area contributed by atoms with E-state index in [9.17, 15) is 4.79 Å². The van der Waals surface area contributed by atoms with Crippen molar-refractivity contribution in [2.24, 2.45) is 16.3 Å². The molecule has 3 fully saturated rings. The van der Waals surface area contributed by atoms with Crippen molar-refractivity contribution >= 4 is 11.9 Å². The first-order chi connectivity index (χ1) is 14.7. The highest BCUT2D eigenvalue weighted by atomic mass is 16.5. The van der Waals surface area contributed by atoms with Crippen LogP contribution in [-0.2, 0) is 9.53 Å². The summed E-state index contributed by atoms with van der Waals surface area (Å²) < 4.78 is 5.65. The average molecular weight is 421 g/mol. The molecule has 1 heterocycles. The highest BCUT2D eigenvalue weighted by molar-refractivity contribution is 5.81. The van der Waals surface area contributed by atoms with E-state index in [0.717, 1.165) is 71.0 Å². The zero-order valence-corrected chi connectivity index (χ0v) is 19.4. The fourth-order valence-corrected chi connectivity index (χ4v) is 5.49. The van der Waals surface area contributed by atoms with E-state index in [2.05, 4.69) is 29.4 Å². The van der Waals surface area contributed by atoms with Gasteiger partial charge in [-0.1, -0.05) is 32.1 Å². The summed E-state index contributed by atoms with van der Waals surface area (Å²) in [6.07, 6.45) is 13.2. The van der Waals surface area contributed by atoms with Gasteiger partial charge < -0.3 is 20.3 Å².